The van der Waals surface area contributed by atoms with Crippen molar-refractivity contribution >= 4 is 5.91 Å². The van der Waals surface area contributed by atoms with Crippen molar-refractivity contribution in [3.05, 3.63) is 29.8 Å². The molecule has 0 spiro atoms. The Balaban J connectivity index is 2.46. The number of amides is 1. The van der Waals surface area contributed by atoms with E-state index >= 15 is 0 Å². The zero-order valence-corrected chi connectivity index (χ0v) is 14.3. The average Bonchev–Trinajstić information content (AvgIpc) is 2.53. The second-order valence-electron chi connectivity index (χ2n) is 5.90. The first-order valence-electron chi connectivity index (χ1n) is 8.03. The highest BCUT2D eigenvalue weighted by Gasteiger charge is 2.32. The Morgan fingerprint density at radius 2 is 1.86 bits per heavy atom. The molecule has 0 atom stereocenters. The first-order chi connectivity index (χ1) is 10.5. The first-order valence-corrected chi connectivity index (χ1v) is 8.03. The van der Waals surface area contributed by atoms with E-state index in [1.165, 1.54) is 0 Å². The molecule has 0 radical (unpaired) electrons. The lowest BCUT2D eigenvalue weighted by Crippen LogP contribution is -2.40. The second kappa shape index (κ2) is 9.46. The summed E-state index contributed by atoms with van der Waals surface area (Å²) in [6.45, 7) is 8.09. The molecule has 0 saturated carbocycles. The molecule has 1 rings (SSSR count). The van der Waals surface area contributed by atoms with Crippen LogP contribution in [0.25, 0.3) is 0 Å². The summed E-state index contributed by atoms with van der Waals surface area (Å²) in [6, 6.07) is 7.65. The van der Waals surface area contributed by atoms with Crippen LogP contribution < -0.4 is 10.1 Å². The van der Waals surface area contributed by atoms with Crippen molar-refractivity contribution in [2.45, 2.75) is 45.4 Å². The van der Waals surface area contributed by atoms with E-state index in [1.807, 2.05) is 38.1 Å². The zero-order chi connectivity index (χ0) is 16.4. The first kappa shape index (κ1) is 18.5. The van der Waals surface area contributed by atoms with E-state index < -0.39 is 5.41 Å². The molecule has 0 aliphatic heterocycles. The van der Waals surface area contributed by atoms with Crippen molar-refractivity contribution in [1.82, 2.24) is 5.32 Å². The van der Waals surface area contributed by atoms with Gasteiger partial charge in [0.15, 0.2) is 0 Å². The molecular formula is C18H29NO3. The topological polar surface area (TPSA) is 47.6 Å². The minimum absolute atomic E-state index is 0.00515. The van der Waals surface area contributed by atoms with Crippen LogP contribution in [0.3, 0.4) is 0 Å². The van der Waals surface area contributed by atoms with Gasteiger partial charge in [-0.3, -0.25) is 4.79 Å². The number of rotatable bonds is 10. The largest absolute Gasteiger partial charge is 0.496 e. The van der Waals surface area contributed by atoms with Gasteiger partial charge in [0.05, 0.1) is 12.5 Å². The van der Waals surface area contributed by atoms with Gasteiger partial charge in [0, 0.05) is 25.3 Å². The van der Waals surface area contributed by atoms with Crippen LogP contribution in [-0.4, -0.2) is 32.8 Å². The molecule has 22 heavy (non-hydrogen) atoms. The molecule has 0 aliphatic carbocycles. The van der Waals surface area contributed by atoms with E-state index in [4.69, 9.17) is 9.47 Å². The van der Waals surface area contributed by atoms with Crippen LogP contribution in [0.1, 0.15) is 45.6 Å². The van der Waals surface area contributed by atoms with Crippen molar-refractivity contribution in [2.75, 3.05) is 26.9 Å². The van der Waals surface area contributed by atoms with Gasteiger partial charge in [-0.25, -0.2) is 0 Å². The number of unbranched alkanes of at least 4 members (excludes halogenated alkanes) is 1. The van der Waals surface area contributed by atoms with Crippen molar-refractivity contribution in [2.24, 2.45) is 0 Å². The molecule has 4 heteroatoms. The number of carbonyl (C=O) groups is 1. The molecule has 0 aliphatic rings. The monoisotopic (exact) mass is 307 g/mol. The van der Waals surface area contributed by atoms with E-state index in [2.05, 4.69) is 12.2 Å². The maximum absolute atomic E-state index is 12.5. The highest BCUT2D eigenvalue weighted by molar-refractivity contribution is 5.88. The summed E-state index contributed by atoms with van der Waals surface area (Å²) in [5, 5.41) is 2.99. The molecule has 0 unspecified atom stereocenters. The predicted octanol–water partition coefficient (Wildman–Crippen LogP) is 3.30. The third kappa shape index (κ3) is 5.34. The summed E-state index contributed by atoms with van der Waals surface area (Å²) in [5.74, 6) is 0.746. The maximum atomic E-state index is 12.5. The SMILES string of the molecule is CCCCOCCCNC(=O)C(C)(C)c1ccccc1OC. The molecular weight excluding hydrogens is 278 g/mol. The van der Waals surface area contributed by atoms with Gasteiger partial charge in [0.2, 0.25) is 5.91 Å². The Hall–Kier alpha value is -1.55. The van der Waals surface area contributed by atoms with Gasteiger partial charge in [0.1, 0.15) is 5.75 Å². The number of methoxy groups -OCH3 is 1. The van der Waals surface area contributed by atoms with E-state index in [0.717, 1.165) is 37.2 Å². The van der Waals surface area contributed by atoms with Gasteiger partial charge in [-0.15, -0.1) is 0 Å². The smallest absolute Gasteiger partial charge is 0.230 e. The summed E-state index contributed by atoms with van der Waals surface area (Å²) in [6.07, 6.45) is 3.06. The predicted molar refractivity (Wildman–Crippen MR) is 89.4 cm³/mol. The Labute approximate surface area is 134 Å². The number of hydrogen-bond donors (Lipinski definition) is 1. The Kier molecular flexibility index (Phi) is 7.96. The number of benzene rings is 1. The molecule has 0 fully saturated rings. The Bertz CT molecular complexity index is 457. The van der Waals surface area contributed by atoms with Gasteiger partial charge in [-0.2, -0.15) is 0 Å². The molecule has 0 aromatic heterocycles. The van der Waals surface area contributed by atoms with Crippen molar-refractivity contribution in [3.63, 3.8) is 0 Å². The fraction of sp³-hybridized carbons (Fsp3) is 0.611. The highest BCUT2D eigenvalue weighted by Crippen LogP contribution is 2.31. The summed E-state index contributed by atoms with van der Waals surface area (Å²) in [4.78, 5) is 12.5. The number of carbonyl (C=O) groups excluding carboxylic acids is 1. The standard InChI is InChI=1S/C18H29NO3/c1-5-6-13-22-14-9-12-19-17(20)18(2,3)15-10-7-8-11-16(15)21-4/h7-8,10-11H,5-6,9,12-14H2,1-4H3,(H,19,20). The average molecular weight is 307 g/mol. The van der Waals surface area contributed by atoms with E-state index in [9.17, 15) is 4.79 Å². The van der Waals surface area contributed by atoms with E-state index in [0.29, 0.717) is 13.2 Å². The van der Waals surface area contributed by atoms with Crippen molar-refractivity contribution in [3.8, 4) is 5.75 Å². The van der Waals surface area contributed by atoms with Crippen LogP contribution in [0.4, 0.5) is 0 Å². The summed E-state index contributed by atoms with van der Waals surface area (Å²) in [7, 11) is 1.63. The van der Waals surface area contributed by atoms with Gasteiger partial charge in [-0.05, 0) is 32.8 Å². The van der Waals surface area contributed by atoms with Crippen molar-refractivity contribution in [1.29, 1.82) is 0 Å². The van der Waals surface area contributed by atoms with Gasteiger partial charge < -0.3 is 14.8 Å². The summed E-state index contributed by atoms with van der Waals surface area (Å²) < 4.78 is 10.9. The lowest BCUT2D eigenvalue weighted by atomic mass is 9.83. The van der Waals surface area contributed by atoms with Gasteiger partial charge in [-0.1, -0.05) is 31.5 Å². The Morgan fingerprint density at radius 1 is 1.18 bits per heavy atom. The normalized spacial score (nSPS) is 11.3. The molecule has 0 saturated heterocycles. The van der Waals surface area contributed by atoms with Crippen LogP contribution in [0.15, 0.2) is 24.3 Å². The molecule has 1 amide bonds. The number of para-hydroxylation sites is 1. The van der Waals surface area contributed by atoms with Crippen LogP contribution in [0.2, 0.25) is 0 Å². The maximum Gasteiger partial charge on any atom is 0.230 e. The molecule has 1 N–H and O–H groups in total. The number of hydrogen-bond acceptors (Lipinski definition) is 3. The second-order valence-corrected chi connectivity index (χ2v) is 5.90. The van der Waals surface area contributed by atoms with Crippen molar-refractivity contribution < 1.29 is 14.3 Å². The molecule has 0 bridgehead atoms. The van der Waals surface area contributed by atoms with E-state index in [1.54, 1.807) is 7.11 Å². The summed E-state index contributed by atoms with van der Waals surface area (Å²) in [5.41, 5.74) is 0.268. The molecule has 124 valence electrons. The third-order valence-electron chi connectivity index (χ3n) is 3.74. The third-order valence-corrected chi connectivity index (χ3v) is 3.74. The van der Waals surface area contributed by atoms with Crippen LogP contribution in [0.5, 0.6) is 5.75 Å². The van der Waals surface area contributed by atoms with Crippen LogP contribution in [0, 0.1) is 0 Å². The summed E-state index contributed by atoms with van der Waals surface area (Å²) >= 11 is 0. The van der Waals surface area contributed by atoms with Crippen LogP contribution in [-0.2, 0) is 14.9 Å². The lowest BCUT2D eigenvalue weighted by Gasteiger charge is -2.26. The number of nitrogens with one attached hydrogen (secondary N) is 1. The lowest BCUT2D eigenvalue weighted by molar-refractivity contribution is -0.125. The van der Waals surface area contributed by atoms with Crippen LogP contribution >= 0.6 is 0 Å². The Morgan fingerprint density at radius 3 is 2.55 bits per heavy atom. The molecule has 4 nitrogen and oxygen atoms in total. The fourth-order valence-electron chi connectivity index (χ4n) is 2.23. The minimum Gasteiger partial charge on any atom is -0.496 e. The minimum atomic E-state index is -0.629. The quantitative estimate of drug-likeness (QED) is 0.675. The van der Waals surface area contributed by atoms with Gasteiger partial charge in [0.25, 0.3) is 0 Å². The van der Waals surface area contributed by atoms with E-state index in [-0.39, 0.29) is 5.91 Å². The highest BCUT2D eigenvalue weighted by atomic mass is 16.5. The zero-order valence-electron chi connectivity index (χ0n) is 14.3. The molecule has 1 aromatic carbocycles. The molecule has 0 heterocycles. The molecule has 1 aromatic rings. The number of ether oxygens (including phenoxy) is 2. The van der Waals surface area contributed by atoms with Gasteiger partial charge >= 0.3 is 0 Å². The fourth-order valence-corrected chi connectivity index (χ4v) is 2.23.